The van der Waals surface area contributed by atoms with Crippen LogP contribution in [0.5, 0.6) is 0 Å². The molecule has 0 saturated heterocycles. The molecule has 4 fully saturated rings. The molecule has 1 N–H and O–H groups in total. The van der Waals surface area contributed by atoms with Crippen LogP contribution in [-0.4, -0.2) is 49.9 Å². The third-order valence-corrected chi connectivity index (χ3v) is 10.9. The molecule has 1 aromatic heterocycles. The van der Waals surface area contributed by atoms with Gasteiger partial charge in [-0.3, -0.25) is 4.79 Å². The first-order chi connectivity index (χ1) is 15.6. The first-order valence-electron chi connectivity index (χ1n) is 13.1. The second kappa shape index (κ2) is 8.11. The van der Waals surface area contributed by atoms with E-state index in [0.29, 0.717) is 29.5 Å². The number of methoxy groups -OCH3 is 1. The highest BCUT2D eigenvalue weighted by molar-refractivity contribution is 5.82. The lowest BCUT2D eigenvalue weighted by Crippen LogP contribution is -2.60. The zero-order valence-corrected chi connectivity index (χ0v) is 21.1. The Morgan fingerprint density at radius 1 is 1.15 bits per heavy atom. The summed E-state index contributed by atoms with van der Waals surface area (Å²) in [6, 6.07) is 0. The smallest absolute Gasteiger partial charge is 0.171 e. The van der Waals surface area contributed by atoms with E-state index >= 15 is 0 Å². The topological polar surface area (TPSA) is 90.1 Å². The molecule has 1 aromatic rings. The van der Waals surface area contributed by atoms with Gasteiger partial charge in [-0.25, -0.2) is 0 Å². The van der Waals surface area contributed by atoms with E-state index in [0.717, 1.165) is 38.5 Å². The van der Waals surface area contributed by atoms with Crippen molar-refractivity contribution in [2.75, 3.05) is 7.11 Å². The number of ketones is 1. The van der Waals surface area contributed by atoms with Gasteiger partial charge in [0.15, 0.2) is 11.6 Å². The van der Waals surface area contributed by atoms with Gasteiger partial charge in [-0.2, -0.15) is 4.80 Å². The van der Waals surface area contributed by atoms with E-state index < -0.39 is 5.60 Å². The number of ether oxygens (including phenoxy) is 1. The fraction of sp³-hybridized carbons (Fsp3) is 0.923. The van der Waals surface area contributed by atoms with Crippen molar-refractivity contribution >= 4 is 5.78 Å². The molecule has 0 bridgehead atoms. The van der Waals surface area contributed by atoms with Gasteiger partial charge in [-0.15, -0.1) is 10.2 Å². The third-order valence-electron chi connectivity index (χ3n) is 10.9. The minimum absolute atomic E-state index is 0.0678. The van der Waals surface area contributed by atoms with Gasteiger partial charge in [-0.05, 0) is 113 Å². The predicted molar refractivity (Wildman–Crippen MR) is 124 cm³/mol. The number of aryl methyl sites for hydroxylation is 1. The van der Waals surface area contributed by atoms with E-state index in [1.807, 2.05) is 14.0 Å². The minimum atomic E-state index is -0.545. The maximum atomic E-state index is 13.4. The normalized spacial score (nSPS) is 45.7. The molecule has 0 spiro atoms. The van der Waals surface area contributed by atoms with Crippen molar-refractivity contribution in [2.24, 2.45) is 40.4 Å². The summed E-state index contributed by atoms with van der Waals surface area (Å²) in [7, 11) is 1.87. The van der Waals surface area contributed by atoms with Crippen LogP contribution in [0.2, 0.25) is 0 Å². The van der Waals surface area contributed by atoms with Crippen molar-refractivity contribution < 1.29 is 14.6 Å². The molecule has 1 unspecified atom stereocenters. The fourth-order valence-electron chi connectivity index (χ4n) is 9.35. The molecule has 0 amide bonds. The Hall–Kier alpha value is -1.34. The number of aromatic nitrogens is 4. The van der Waals surface area contributed by atoms with Crippen LogP contribution < -0.4 is 0 Å². The van der Waals surface area contributed by atoms with Crippen LogP contribution in [0.4, 0.5) is 0 Å². The van der Waals surface area contributed by atoms with E-state index in [1.54, 1.807) is 6.92 Å². The molecule has 7 nitrogen and oxygen atoms in total. The molecule has 1 heterocycles. The van der Waals surface area contributed by atoms with Gasteiger partial charge in [0.05, 0.1) is 11.7 Å². The van der Waals surface area contributed by atoms with Gasteiger partial charge in [0.2, 0.25) is 0 Å². The lowest BCUT2D eigenvalue weighted by atomic mass is 9.42. The number of carbonyl (C=O) groups is 1. The summed E-state index contributed by atoms with van der Waals surface area (Å²) >= 11 is 0. The molecule has 184 valence electrons. The Kier molecular flexibility index (Phi) is 5.75. The van der Waals surface area contributed by atoms with Gasteiger partial charge in [-0.1, -0.05) is 6.92 Å². The van der Waals surface area contributed by atoms with E-state index in [1.165, 1.54) is 24.1 Å². The van der Waals surface area contributed by atoms with E-state index in [9.17, 15) is 9.90 Å². The first-order valence-corrected chi connectivity index (χ1v) is 13.1. The standard InChI is InChI=1S/C26H42N4O3/c1-16(33-5)26-13-12-24(3,32)14-18(26)6-7-19-20-8-9-22(25(20,4)11-10-21(19)26)23(31)15-30-28-17(2)27-29-30/h16,18-22,32H,6-15H2,1-5H3/t16-,18+,19-,20-,21-,22+,24+,25-,26?/m0/s1. The number of hydrogen-bond donors (Lipinski definition) is 1. The molecule has 5 rings (SSSR count). The van der Waals surface area contributed by atoms with Crippen LogP contribution in [0, 0.1) is 47.3 Å². The second-order valence-electron chi connectivity index (χ2n) is 12.4. The van der Waals surface area contributed by atoms with Crippen molar-refractivity contribution in [1.29, 1.82) is 0 Å². The average molecular weight is 459 g/mol. The number of aliphatic hydroxyl groups is 1. The fourth-order valence-corrected chi connectivity index (χ4v) is 9.35. The van der Waals surface area contributed by atoms with Crippen molar-refractivity contribution in [3.63, 3.8) is 0 Å². The molecule has 0 aromatic carbocycles. The highest BCUT2D eigenvalue weighted by Crippen LogP contribution is 2.69. The summed E-state index contributed by atoms with van der Waals surface area (Å²) in [5.41, 5.74) is -0.319. The first kappa shape index (κ1) is 23.4. The van der Waals surface area contributed by atoms with Crippen LogP contribution in [0.15, 0.2) is 0 Å². The molecule has 4 aliphatic rings. The monoisotopic (exact) mass is 458 g/mol. The number of Topliss-reactive ketones (excluding diaryl/α,β-unsaturated/α-hetero) is 1. The summed E-state index contributed by atoms with van der Waals surface area (Å²) in [6.45, 7) is 8.74. The lowest BCUT2D eigenvalue weighted by Gasteiger charge is -2.64. The highest BCUT2D eigenvalue weighted by Gasteiger charge is 2.64. The van der Waals surface area contributed by atoms with Gasteiger partial charge in [0.25, 0.3) is 0 Å². The number of carbonyl (C=O) groups excluding carboxylic acids is 1. The summed E-state index contributed by atoms with van der Waals surface area (Å²) < 4.78 is 6.07. The van der Waals surface area contributed by atoms with Crippen LogP contribution in [-0.2, 0) is 16.1 Å². The number of rotatable bonds is 5. The Balaban J connectivity index is 1.40. The SMILES string of the molecule is CO[C@@H](C)C12CC[C@@](C)(O)C[C@H]1CC[C@@H]1[C@@H]2CC[C@]2(C)[C@@H](C(=O)Cn3nnc(C)n3)CC[C@@H]12. The molecular formula is C26H42N4O3. The minimum Gasteiger partial charge on any atom is -0.390 e. The third kappa shape index (κ3) is 3.60. The molecule has 4 aliphatic carbocycles. The van der Waals surface area contributed by atoms with Crippen molar-refractivity contribution in [3.05, 3.63) is 5.82 Å². The van der Waals surface area contributed by atoms with Gasteiger partial charge in [0, 0.05) is 18.4 Å². The molecular weight excluding hydrogens is 416 g/mol. The maximum absolute atomic E-state index is 13.4. The van der Waals surface area contributed by atoms with Crippen molar-refractivity contribution in [1.82, 2.24) is 20.2 Å². The summed E-state index contributed by atoms with van der Waals surface area (Å²) in [5.74, 6) is 3.40. The number of tetrazole rings is 1. The van der Waals surface area contributed by atoms with Gasteiger partial charge < -0.3 is 9.84 Å². The Bertz CT molecular complexity index is 900. The Morgan fingerprint density at radius 3 is 2.64 bits per heavy atom. The van der Waals surface area contributed by atoms with Crippen LogP contribution in [0.25, 0.3) is 0 Å². The quantitative estimate of drug-likeness (QED) is 0.718. The van der Waals surface area contributed by atoms with E-state index in [4.69, 9.17) is 4.74 Å². The summed E-state index contributed by atoms with van der Waals surface area (Å²) in [4.78, 5) is 14.9. The summed E-state index contributed by atoms with van der Waals surface area (Å²) in [5, 5.41) is 23.1. The van der Waals surface area contributed by atoms with E-state index in [-0.39, 0.29) is 35.2 Å². The number of hydrogen-bond acceptors (Lipinski definition) is 6. The number of nitrogens with zero attached hydrogens (tertiary/aromatic N) is 4. The van der Waals surface area contributed by atoms with Crippen LogP contribution in [0.1, 0.15) is 84.4 Å². The largest absolute Gasteiger partial charge is 0.390 e. The number of fused-ring (bicyclic) bond motifs is 5. The maximum Gasteiger partial charge on any atom is 0.171 e. The van der Waals surface area contributed by atoms with Crippen molar-refractivity contribution in [3.8, 4) is 0 Å². The predicted octanol–water partition coefficient (Wildman–Crippen LogP) is 3.98. The second-order valence-corrected chi connectivity index (χ2v) is 12.4. The van der Waals surface area contributed by atoms with Crippen LogP contribution >= 0.6 is 0 Å². The highest BCUT2D eigenvalue weighted by atomic mass is 16.5. The molecule has 0 radical (unpaired) electrons. The average Bonchev–Trinajstić information content (AvgIpc) is 3.34. The Labute approximate surface area is 198 Å². The van der Waals surface area contributed by atoms with Gasteiger partial charge >= 0.3 is 0 Å². The van der Waals surface area contributed by atoms with Gasteiger partial charge in [0.1, 0.15) is 6.54 Å². The van der Waals surface area contributed by atoms with E-state index in [2.05, 4.69) is 29.3 Å². The van der Waals surface area contributed by atoms with Crippen LogP contribution in [0.3, 0.4) is 0 Å². The van der Waals surface area contributed by atoms with Crippen molar-refractivity contribution in [2.45, 2.75) is 104 Å². The Morgan fingerprint density at radius 2 is 1.94 bits per heavy atom. The molecule has 7 heteroatoms. The zero-order chi connectivity index (χ0) is 23.6. The molecule has 33 heavy (non-hydrogen) atoms. The molecule has 4 saturated carbocycles. The molecule has 0 aliphatic heterocycles. The summed E-state index contributed by atoms with van der Waals surface area (Å²) in [6.07, 6.45) is 9.87. The lowest BCUT2D eigenvalue weighted by molar-refractivity contribution is -0.199. The zero-order valence-electron chi connectivity index (χ0n) is 21.1. The molecule has 9 atom stereocenters.